The molecule has 0 bridgehead atoms. The van der Waals surface area contributed by atoms with E-state index in [0.717, 1.165) is 51.4 Å². The van der Waals surface area contributed by atoms with Gasteiger partial charge in [0.05, 0.1) is 19.3 Å². The molecule has 0 aromatic heterocycles. The number of allylic oxidation sites excluding steroid dienone is 8. The maximum Gasteiger partial charge on any atom is 0.472 e. The van der Waals surface area contributed by atoms with Gasteiger partial charge in [-0.25, -0.2) is 4.57 Å². The summed E-state index contributed by atoms with van der Waals surface area (Å²) in [5, 5.41) is 10.1. The van der Waals surface area contributed by atoms with Gasteiger partial charge in [-0.05, 0) is 64.2 Å². The molecule has 2 unspecified atom stereocenters. The highest BCUT2D eigenvalue weighted by Gasteiger charge is 2.25. The van der Waals surface area contributed by atoms with Crippen LogP contribution >= 0.6 is 7.82 Å². The van der Waals surface area contributed by atoms with Gasteiger partial charge in [-0.2, -0.15) is 0 Å². The lowest BCUT2D eigenvalue weighted by Gasteiger charge is -2.19. The number of hydrogen-bond acceptors (Lipinski definition) is 9. The minimum atomic E-state index is -4.40. The first kappa shape index (κ1) is 47.7. The fourth-order valence-electron chi connectivity index (χ4n) is 4.57. The third-order valence-electron chi connectivity index (χ3n) is 7.46. The van der Waals surface area contributed by atoms with Crippen molar-refractivity contribution in [3.05, 3.63) is 60.8 Å². The molecule has 0 radical (unpaired) electrons. The number of rotatable bonds is 34. The highest BCUT2D eigenvalue weighted by atomic mass is 31.2. The molecule has 4 N–H and O–H groups in total. The van der Waals surface area contributed by atoms with Crippen molar-refractivity contribution in [3.8, 4) is 0 Å². The lowest BCUT2D eigenvalue weighted by molar-refractivity contribution is -0.161. The molecule has 0 fully saturated rings. The lowest BCUT2D eigenvalue weighted by Crippen LogP contribution is -2.29. The summed E-state index contributed by atoms with van der Waals surface area (Å²) in [4.78, 5) is 34.6. The van der Waals surface area contributed by atoms with E-state index in [4.69, 9.17) is 24.3 Å². The normalized spacial score (nSPS) is 14.7. The zero-order valence-electron chi connectivity index (χ0n) is 31.0. The van der Waals surface area contributed by atoms with Gasteiger partial charge in [-0.3, -0.25) is 18.6 Å². The van der Waals surface area contributed by atoms with Crippen LogP contribution in [0.3, 0.4) is 0 Å². The lowest BCUT2D eigenvalue weighted by atomic mass is 10.1. The second kappa shape index (κ2) is 35.1. The van der Waals surface area contributed by atoms with E-state index in [9.17, 15) is 24.2 Å². The number of carbonyl (C=O) groups is 2. The van der Waals surface area contributed by atoms with Crippen LogP contribution in [-0.4, -0.2) is 60.5 Å². The highest BCUT2D eigenvalue weighted by molar-refractivity contribution is 7.47. The average molecular weight is 726 g/mol. The predicted molar refractivity (Wildman–Crippen MR) is 202 cm³/mol. The van der Waals surface area contributed by atoms with Gasteiger partial charge in [0, 0.05) is 19.4 Å². The fourth-order valence-corrected chi connectivity index (χ4v) is 5.33. The summed E-state index contributed by atoms with van der Waals surface area (Å²) in [7, 11) is -4.40. The summed E-state index contributed by atoms with van der Waals surface area (Å²) in [6.45, 7) is 3.45. The summed E-state index contributed by atoms with van der Waals surface area (Å²) in [5.41, 5.74) is 5.32. The minimum absolute atomic E-state index is 0.0300. The first-order valence-electron chi connectivity index (χ1n) is 18.9. The van der Waals surface area contributed by atoms with E-state index in [0.29, 0.717) is 25.7 Å². The third kappa shape index (κ3) is 34.1. The van der Waals surface area contributed by atoms with E-state index in [-0.39, 0.29) is 32.6 Å². The zero-order valence-corrected chi connectivity index (χ0v) is 31.9. The molecule has 0 aliphatic carbocycles. The maximum absolute atomic E-state index is 12.5. The highest BCUT2D eigenvalue weighted by Crippen LogP contribution is 2.43. The Kier molecular flexibility index (Phi) is 33.5. The Hall–Kier alpha value is -2.33. The average Bonchev–Trinajstić information content (AvgIpc) is 3.09. The Morgan fingerprint density at radius 1 is 0.700 bits per heavy atom. The van der Waals surface area contributed by atoms with E-state index in [1.165, 1.54) is 32.1 Å². The Morgan fingerprint density at radius 2 is 1.32 bits per heavy atom. The number of aliphatic hydroxyl groups excluding tert-OH is 1. The van der Waals surface area contributed by atoms with Gasteiger partial charge in [-0.15, -0.1) is 0 Å². The van der Waals surface area contributed by atoms with Crippen molar-refractivity contribution in [3.63, 3.8) is 0 Å². The van der Waals surface area contributed by atoms with Crippen molar-refractivity contribution in [2.45, 2.75) is 148 Å². The third-order valence-corrected chi connectivity index (χ3v) is 8.44. The Balaban J connectivity index is 4.44. The van der Waals surface area contributed by atoms with Crippen molar-refractivity contribution in [2.24, 2.45) is 5.73 Å². The van der Waals surface area contributed by atoms with Crippen LogP contribution in [0.2, 0.25) is 0 Å². The number of aliphatic hydroxyl groups is 1. The molecule has 0 saturated heterocycles. The van der Waals surface area contributed by atoms with Gasteiger partial charge in [0.1, 0.15) is 6.61 Å². The molecule has 288 valence electrons. The number of unbranched alkanes of at least 4 members (excludes halogenated alkanes) is 11. The fraction of sp³-hybridized carbons (Fsp3) is 0.692. The van der Waals surface area contributed by atoms with Crippen LogP contribution in [0.5, 0.6) is 0 Å². The molecule has 0 aromatic carbocycles. The number of nitrogens with two attached hydrogens (primary N) is 1. The Labute approximate surface area is 302 Å². The monoisotopic (exact) mass is 725 g/mol. The van der Waals surface area contributed by atoms with E-state index < -0.39 is 38.6 Å². The second-order valence-corrected chi connectivity index (χ2v) is 13.7. The summed E-state index contributed by atoms with van der Waals surface area (Å²) in [6.07, 6.45) is 35.7. The van der Waals surface area contributed by atoms with Gasteiger partial charge in [0.2, 0.25) is 0 Å². The maximum atomic E-state index is 12.5. The first-order valence-corrected chi connectivity index (χ1v) is 20.4. The molecule has 0 aliphatic heterocycles. The van der Waals surface area contributed by atoms with Crippen molar-refractivity contribution < 1.29 is 42.7 Å². The van der Waals surface area contributed by atoms with Gasteiger partial charge in [0.25, 0.3) is 0 Å². The van der Waals surface area contributed by atoms with E-state index >= 15 is 0 Å². The van der Waals surface area contributed by atoms with E-state index in [1.807, 2.05) is 18.2 Å². The van der Waals surface area contributed by atoms with Crippen molar-refractivity contribution in [2.75, 3.05) is 26.4 Å². The molecule has 0 saturated carbocycles. The van der Waals surface area contributed by atoms with Gasteiger partial charge in [-0.1, -0.05) is 120 Å². The SMILES string of the molecule is CCCC/C=C\CCCCCCCC(=O)O[C@H](COC(=O)CCC/C=C/C=C\C(O)C/C=C\C/C=C\CCCCC)COP(=O)(O)OCCN. The van der Waals surface area contributed by atoms with Crippen LogP contribution in [0.15, 0.2) is 60.8 Å². The number of phosphoric acid groups is 1. The molecule has 50 heavy (non-hydrogen) atoms. The molecular weight excluding hydrogens is 657 g/mol. The molecule has 0 rings (SSSR count). The minimum Gasteiger partial charge on any atom is -0.462 e. The molecule has 0 amide bonds. The van der Waals surface area contributed by atoms with Gasteiger partial charge in [0.15, 0.2) is 6.10 Å². The number of esters is 2. The van der Waals surface area contributed by atoms with Crippen molar-refractivity contribution in [1.29, 1.82) is 0 Å². The number of ether oxygens (including phenoxy) is 2. The molecule has 11 heteroatoms. The van der Waals surface area contributed by atoms with E-state index in [2.05, 4.69) is 44.2 Å². The van der Waals surface area contributed by atoms with Crippen LogP contribution in [0.4, 0.5) is 0 Å². The molecule has 0 aromatic rings. The molecular formula is C39H68NO9P. The summed E-state index contributed by atoms with van der Waals surface area (Å²) in [5.74, 6) is -0.978. The topological polar surface area (TPSA) is 155 Å². The Morgan fingerprint density at radius 3 is 2.06 bits per heavy atom. The molecule has 3 atom stereocenters. The van der Waals surface area contributed by atoms with Crippen LogP contribution in [0.25, 0.3) is 0 Å². The molecule has 0 spiro atoms. The summed E-state index contributed by atoms with van der Waals surface area (Å²) < 4.78 is 32.5. The first-order chi connectivity index (χ1) is 24.2. The predicted octanol–water partition coefficient (Wildman–Crippen LogP) is 9.13. The number of phosphoric ester groups is 1. The Bertz CT molecular complexity index is 1030. The molecule has 0 aliphatic rings. The summed E-state index contributed by atoms with van der Waals surface area (Å²) in [6, 6.07) is 0. The largest absolute Gasteiger partial charge is 0.472 e. The zero-order chi connectivity index (χ0) is 37.0. The second-order valence-electron chi connectivity index (χ2n) is 12.3. The molecule has 0 heterocycles. The van der Waals surface area contributed by atoms with Crippen LogP contribution < -0.4 is 5.73 Å². The van der Waals surface area contributed by atoms with E-state index in [1.54, 1.807) is 12.2 Å². The molecule has 10 nitrogen and oxygen atoms in total. The van der Waals surface area contributed by atoms with Crippen molar-refractivity contribution >= 4 is 19.8 Å². The van der Waals surface area contributed by atoms with Gasteiger partial charge < -0.3 is 25.2 Å². The smallest absolute Gasteiger partial charge is 0.462 e. The van der Waals surface area contributed by atoms with Crippen LogP contribution in [-0.2, 0) is 32.7 Å². The standard InChI is InChI=1S/C39H68NO9P/c1-3-5-7-9-11-13-14-16-18-22-27-31-39(43)49-37(35-48-50(44,45)47-33-32-40)34-46-38(42)30-26-23-19-21-25-29-36(41)28-24-20-17-15-12-10-8-6-4-2/h9,11-12,15,19-21,24-25,29,36-37,41H,3-8,10,13-14,16-18,22-23,26-28,30-35,40H2,1-2H3,(H,44,45)/b11-9-,15-12-,21-19+,24-20-,29-25-/t36?,37-/m1/s1. The number of carbonyl (C=O) groups excluding carboxylic acids is 2. The quantitative estimate of drug-likeness (QED) is 0.0192. The van der Waals surface area contributed by atoms with Crippen molar-refractivity contribution in [1.82, 2.24) is 0 Å². The van der Waals surface area contributed by atoms with Crippen LogP contribution in [0.1, 0.15) is 136 Å². The van der Waals surface area contributed by atoms with Gasteiger partial charge >= 0.3 is 19.8 Å². The van der Waals surface area contributed by atoms with Crippen LogP contribution in [0, 0.1) is 0 Å². The summed E-state index contributed by atoms with van der Waals surface area (Å²) >= 11 is 0. The number of hydrogen-bond donors (Lipinski definition) is 3.